The summed E-state index contributed by atoms with van der Waals surface area (Å²) in [4.78, 5) is 0.232. The molecule has 0 spiro atoms. The summed E-state index contributed by atoms with van der Waals surface area (Å²) in [6, 6.07) is 15.0. The van der Waals surface area contributed by atoms with E-state index in [1.54, 1.807) is 30.0 Å². The van der Waals surface area contributed by atoms with E-state index in [0.717, 1.165) is 22.2 Å². The molecule has 0 amide bonds. The fraction of sp³-hybridized carbons (Fsp3) is 0.333. The second kappa shape index (κ2) is 8.69. The van der Waals surface area contributed by atoms with Gasteiger partial charge in [-0.05, 0) is 42.7 Å². The average Bonchev–Trinajstić information content (AvgIpc) is 3.10. The smallest absolute Gasteiger partial charge is 0.242 e. The largest absolute Gasteiger partial charge is 0.270 e. The van der Waals surface area contributed by atoms with E-state index < -0.39 is 10.0 Å². The van der Waals surface area contributed by atoms with E-state index in [9.17, 15) is 8.42 Å². The lowest BCUT2D eigenvalue weighted by Gasteiger charge is -2.14. The molecule has 29 heavy (non-hydrogen) atoms. The molecular formula is C21H26N4O2S2. The van der Waals surface area contributed by atoms with Crippen LogP contribution in [0.15, 0.2) is 58.6 Å². The van der Waals surface area contributed by atoms with Crippen LogP contribution >= 0.6 is 11.8 Å². The zero-order valence-electron chi connectivity index (χ0n) is 17.3. The van der Waals surface area contributed by atoms with Crippen LogP contribution in [0.1, 0.15) is 19.4 Å². The molecule has 3 rings (SSSR count). The first kappa shape index (κ1) is 21.5. The summed E-state index contributed by atoms with van der Waals surface area (Å²) in [6.45, 7) is 6.37. The number of thioether (sulfide) groups is 1. The highest BCUT2D eigenvalue weighted by Crippen LogP contribution is 2.30. The van der Waals surface area contributed by atoms with Crippen molar-refractivity contribution in [3.8, 4) is 17.1 Å². The number of sulfonamides is 1. The topological polar surface area (TPSA) is 68.1 Å². The molecule has 6 nitrogen and oxygen atoms in total. The first-order valence-corrected chi connectivity index (χ1v) is 11.8. The minimum Gasteiger partial charge on any atom is -0.270 e. The van der Waals surface area contributed by atoms with Crippen molar-refractivity contribution in [3.05, 3.63) is 54.1 Å². The van der Waals surface area contributed by atoms with E-state index in [4.69, 9.17) is 0 Å². The van der Waals surface area contributed by atoms with Crippen molar-refractivity contribution < 1.29 is 8.42 Å². The van der Waals surface area contributed by atoms with Crippen molar-refractivity contribution in [1.29, 1.82) is 0 Å². The van der Waals surface area contributed by atoms with Gasteiger partial charge in [-0.1, -0.05) is 49.9 Å². The zero-order valence-corrected chi connectivity index (χ0v) is 19.0. The van der Waals surface area contributed by atoms with Crippen LogP contribution in [0.2, 0.25) is 0 Å². The number of aromatic nitrogens is 3. The van der Waals surface area contributed by atoms with E-state index in [1.807, 2.05) is 35.8 Å². The summed E-state index contributed by atoms with van der Waals surface area (Å²) in [5, 5.41) is 9.63. The van der Waals surface area contributed by atoms with Gasteiger partial charge in [-0.25, -0.2) is 12.7 Å². The number of nitrogens with zero attached hydrogens (tertiary/aromatic N) is 4. The van der Waals surface area contributed by atoms with Crippen molar-refractivity contribution in [2.75, 3.05) is 19.8 Å². The van der Waals surface area contributed by atoms with Crippen molar-refractivity contribution in [2.45, 2.75) is 30.8 Å². The van der Waals surface area contributed by atoms with Crippen LogP contribution in [-0.4, -0.2) is 47.3 Å². The van der Waals surface area contributed by atoms with Crippen LogP contribution in [0.5, 0.6) is 0 Å². The molecule has 154 valence electrons. The molecule has 3 aromatic rings. The molecule has 0 N–H and O–H groups in total. The normalized spacial score (nSPS) is 12.1. The van der Waals surface area contributed by atoms with E-state index in [-0.39, 0.29) is 4.90 Å². The first-order valence-electron chi connectivity index (χ1n) is 9.38. The molecule has 0 bridgehead atoms. The minimum atomic E-state index is -3.54. The summed E-state index contributed by atoms with van der Waals surface area (Å²) in [5.41, 5.74) is 2.79. The second-order valence-electron chi connectivity index (χ2n) is 7.50. The average molecular weight is 431 g/mol. The minimum absolute atomic E-state index is 0.232. The quantitative estimate of drug-likeness (QED) is 0.525. The van der Waals surface area contributed by atoms with Gasteiger partial charge in [0.1, 0.15) is 0 Å². The Kier molecular flexibility index (Phi) is 6.45. The van der Waals surface area contributed by atoms with Crippen LogP contribution in [0, 0.1) is 12.8 Å². The fourth-order valence-electron chi connectivity index (χ4n) is 2.80. The number of aryl methyl sites for hydroxylation is 1. The van der Waals surface area contributed by atoms with E-state index >= 15 is 0 Å². The summed E-state index contributed by atoms with van der Waals surface area (Å²) >= 11 is 1.65. The van der Waals surface area contributed by atoms with Crippen molar-refractivity contribution in [1.82, 2.24) is 19.1 Å². The molecule has 1 heterocycles. The van der Waals surface area contributed by atoms with Crippen molar-refractivity contribution in [3.63, 3.8) is 0 Å². The monoisotopic (exact) mass is 430 g/mol. The molecule has 0 saturated carbocycles. The number of hydrogen-bond donors (Lipinski definition) is 0. The Bertz CT molecular complexity index is 1110. The van der Waals surface area contributed by atoms with Gasteiger partial charge in [-0.15, -0.1) is 10.2 Å². The van der Waals surface area contributed by atoms with Gasteiger partial charge in [-0.2, -0.15) is 0 Å². The molecule has 0 atom stereocenters. The molecule has 0 aliphatic heterocycles. The van der Waals surface area contributed by atoms with Gasteiger partial charge in [-0.3, -0.25) is 4.57 Å². The maximum atomic E-state index is 12.6. The van der Waals surface area contributed by atoms with Crippen LogP contribution in [0.25, 0.3) is 17.1 Å². The van der Waals surface area contributed by atoms with Gasteiger partial charge in [0.05, 0.1) is 4.90 Å². The molecule has 8 heteroatoms. The molecule has 0 aliphatic rings. The standard InChI is InChI=1S/C21H26N4O2S2/c1-15(2)14-28-21-23-22-20(25(21)18-10-6-8-16(3)12-18)17-9-7-11-19(13-17)29(26,27)24(4)5/h6-13,15H,14H2,1-5H3. The lowest BCUT2D eigenvalue weighted by atomic mass is 10.2. The highest BCUT2D eigenvalue weighted by molar-refractivity contribution is 7.99. The molecule has 2 aromatic carbocycles. The fourth-order valence-corrected chi connectivity index (χ4v) is 4.65. The maximum Gasteiger partial charge on any atom is 0.242 e. The van der Waals surface area contributed by atoms with Gasteiger partial charge in [0, 0.05) is 31.1 Å². The Morgan fingerprint density at radius 2 is 1.79 bits per heavy atom. The molecule has 1 aromatic heterocycles. The Balaban J connectivity index is 2.15. The lowest BCUT2D eigenvalue weighted by molar-refractivity contribution is 0.521. The highest BCUT2D eigenvalue weighted by Gasteiger charge is 2.21. The Hall–Kier alpha value is -2.16. The predicted molar refractivity (Wildman–Crippen MR) is 118 cm³/mol. The first-order chi connectivity index (χ1) is 13.7. The van der Waals surface area contributed by atoms with Gasteiger partial charge >= 0.3 is 0 Å². The van der Waals surface area contributed by atoms with E-state index in [0.29, 0.717) is 17.3 Å². The number of hydrogen-bond acceptors (Lipinski definition) is 5. The Morgan fingerprint density at radius 1 is 1.07 bits per heavy atom. The zero-order chi connectivity index (χ0) is 21.2. The summed E-state index contributed by atoms with van der Waals surface area (Å²) < 4.78 is 28.4. The van der Waals surface area contributed by atoms with E-state index in [1.165, 1.54) is 18.4 Å². The molecule has 0 radical (unpaired) electrons. The van der Waals surface area contributed by atoms with Crippen LogP contribution < -0.4 is 0 Å². The molecule has 0 aliphatic carbocycles. The molecule has 0 fully saturated rings. The van der Waals surface area contributed by atoms with Crippen LogP contribution in [0.4, 0.5) is 0 Å². The van der Waals surface area contributed by atoms with Gasteiger partial charge in [0.15, 0.2) is 11.0 Å². The maximum absolute atomic E-state index is 12.6. The number of benzene rings is 2. The summed E-state index contributed by atoms with van der Waals surface area (Å²) in [6.07, 6.45) is 0. The Morgan fingerprint density at radius 3 is 2.45 bits per heavy atom. The van der Waals surface area contributed by atoms with Gasteiger partial charge in [0.25, 0.3) is 0 Å². The molecule has 0 unspecified atom stereocenters. The van der Waals surface area contributed by atoms with Gasteiger partial charge < -0.3 is 0 Å². The van der Waals surface area contributed by atoms with Crippen LogP contribution in [-0.2, 0) is 10.0 Å². The van der Waals surface area contributed by atoms with Crippen LogP contribution in [0.3, 0.4) is 0 Å². The third-order valence-electron chi connectivity index (χ3n) is 4.31. The van der Waals surface area contributed by atoms with Crippen molar-refractivity contribution >= 4 is 21.8 Å². The highest BCUT2D eigenvalue weighted by atomic mass is 32.2. The summed E-state index contributed by atoms with van der Waals surface area (Å²) in [5.74, 6) is 2.05. The Labute approximate surface area is 177 Å². The predicted octanol–water partition coefficient (Wildman–Crippen LogP) is 4.24. The van der Waals surface area contributed by atoms with E-state index in [2.05, 4.69) is 30.1 Å². The molecular weight excluding hydrogens is 404 g/mol. The van der Waals surface area contributed by atoms with Gasteiger partial charge in [0.2, 0.25) is 10.0 Å². The third-order valence-corrected chi connectivity index (χ3v) is 7.48. The lowest BCUT2D eigenvalue weighted by Crippen LogP contribution is -2.22. The summed E-state index contributed by atoms with van der Waals surface area (Å²) in [7, 11) is -0.484. The third kappa shape index (κ3) is 4.71. The number of rotatable bonds is 7. The SMILES string of the molecule is Cc1cccc(-n2c(SCC(C)C)nnc2-c2cccc(S(=O)(=O)N(C)C)c2)c1. The second-order valence-corrected chi connectivity index (χ2v) is 10.6. The molecule has 0 saturated heterocycles. The van der Waals surface area contributed by atoms with Crippen molar-refractivity contribution in [2.24, 2.45) is 5.92 Å².